The number of urea groups is 1. The molecule has 0 radical (unpaired) electrons. The quantitative estimate of drug-likeness (QED) is 0.862. The molecule has 0 bridgehead atoms. The Morgan fingerprint density at radius 2 is 1.88 bits per heavy atom. The van der Waals surface area contributed by atoms with Gasteiger partial charge in [-0.05, 0) is 50.8 Å². The van der Waals surface area contributed by atoms with Gasteiger partial charge in [-0.1, -0.05) is 0 Å². The Kier molecular flexibility index (Phi) is 4.85. The van der Waals surface area contributed by atoms with E-state index in [-0.39, 0.29) is 23.4 Å². The van der Waals surface area contributed by atoms with E-state index in [9.17, 15) is 14.0 Å². The predicted octanol–water partition coefficient (Wildman–Crippen LogP) is 3.12. The highest BCUT2D eigenvalue weighted by Crippen LogP contribution is 2.30. The van der Waals surface area contributed by atoms with Gasteiger partial charge in [-0.25, -0.2) is 9.18 Å². The minimum atomic E-state index is -0.568. The molecule has 0 aromatic heterocycles. The zero-order valence-corrected chi connectivity index (χ0v) is 14.2. The molecule has 0 atom stereocenters. The zero-order chi connectivity index (χ0) is 17.3. The highest BCUT2D eigenvalue weighted by molar-refractivity contribution is 5.97. The van der Waals surface area contributed by atoms with Crippen LogP contribution in [0.1, 0.15) is 43.0 Å². The summed E-state index contributed by atoms with van der Waals surface area (Å²) in [7, 11) is 1.79. The number of benzene rings is 1. The summed E-state index contributed by atoms with van der Waals surface area (Å²) in [6.45, 7) is 3.39. The lowest BCUT2D eigenvalue weighted by Gasteiger charge is -2.36. The average molecular weight is 333 g/mol. The lowest BCUT2D eigenvalue weighted by molar-refractivity contribution is 0.101. The molecule has 1 aromatic rings. The minimum absolute atomic E-state index is 0.00630. The summed E-state index contributed by atoms with van der Waals surface area (Å²) >= 11 is 0. The normalized spacial score (nSPS) is 19.1. The third kappa shape index (κ3) is 3.75. The Bertz CT molecular complexity index is 637. The number of rotatable bonds is 4. The number of anilines is 1. The Balaban J connectivity index is 1.58. The van der Waals surface area contributed by atoms with E-state index in [0.717, 1.165) is 32.0 Å². The maximum Gasteiger partial charge on any atom is 0.321 e. The van der Waals surface area contributed by atoms with Gasteiger partial charge in [0.1, 0.15) is 5.82 Å². The standard InChI is InChI=1S/C18H24FN3O2/c1-12(23)16-11-13(3-6-17(16)19)20-18(24)21(2)14-7-9-22(10-8-14)15-4-5-15/h3,6,11,14-15H,4-5,7-10H2,1-2H3,(H,20,24). The van der Waals surface area contributed by atoms with E-state index in [2.05, 4.69) is 10.2 Å². The summed E-state index contributed by atoms with van der Waals surface area (Å²) in [6.07, 6.45) is 4.57. The Hall–Kier alpha value is -1.95. The van der Waals surface area contributed by atoms with Gasteiger partial charge >= 0.3 is 6.03 Å². The monoisotopic (exact) mass is 333 g/mol. The summed E-state index contributed by atoms with van der Waals surface area (Å²) in [5.74, 6) is -0.925. The van der Waals surface area contributed by atoms with Crippen LogP contribution in [-0.2, 0) is 0 Å². The highest BCUT2D eigenvalue weighted by atomic mass is 19.1. The number of halogens is 1. The van der Waals surface area contributed by atoms with E-state index in [0.29, 0.717) is 5.69 Å². The molecule has 24 heavy (non-hydrogen) atoms. The molecule has 5 nitrogen and oxygen atoms in total. The number of nitrogens with one attached hydrogen (secondary N) is 1. The van der Waals surface area contributed by atoms with Gasteiger partial charge in [0.25, 0.3) is 0 Å². The maximum atomic E-state index is 13.6. The Labute approximate surface area is 141 Å². The summed E-state index contributed by atoms with van der Waals surface area (Å²) in [4.78, 5) is 28.1. The molecule has 1 N–H and O–H groups in total. The molecule has 6 heteroatoms. The molecular weight excluding hydrogens is 309 g/mol. The largest absolute Gasteiger partial charge is 0.325 e. The van der Waals surface area contributed by atoms with Gasteiger partial charge in [0, 0.05) is 37.9 Å². The summed E-state index contributed by atoms with van der Waals surface area (Å²) < 4.78 is 13.6. The van der Waals surface area contributed by atoms with Gasteiger partial charge in [-0.3, -0.25) is 4.79 Å². The second-order valence-corrected chi connectivity index (χ2v) is 6.79. The lowest BCUT2D eigenvalue weighted by atomic mass is 10.0. The molecule has 1 aliphatic heterocycles. The van der Waals surface area contributed by atoms with Crippen LogP contribution in [0.2, 0.25) is 0 Å². The van der Waals surface area contributed by atoms with Crippen LogP contribution in [0.25, 0.3) is 0 Å². The van der Waals surface area contributed by atoms with Crippen molar-refractivity contribution in [2.45, 2.75) is 44.7 Å². The number of hydrogen-bond donors (Lipinski definition) is 1. The van der Waals surface area contributed by atoms with Gasteiger partial charge in [0.05, 0.1) is 5.56 Å². The molecule has 1 saturated carbocycles. The first-order valence-electron chi connectivity index (χ1n) is 8.54. The van der Waals surface area contributed by atoms with Crippen LogP contribution >= 0.6 is 0 Å². The number of piperidine rings is 1. The van der Waals surface area contributed by atoms with Crippen molar-refractivity contribution >= 4 is 17.5 Å². The first-order chi connectivity index (χ1) is 11.5. The minimum Gasteiger partial charge on any atom is -0.325 e. The summed E-state index contributed by atoms with van der Waals surface area (Å²) in [6, 6.07) is 4.84. The Morgan fingerprint density at radius 1 is 1.21 bits per heavy atom. The number of carbonyl (C=O) groups is 2. The smallest absolute Gasteiger partial charge is 0.321 e. The number of nitrogens with zero attached hydrogens (tertiary/aromatic N) is 2. The van der Waals surface area contributed by atoms with Crippen molar-refractivity contribution in [3.05, 3.63) is 29.6 Å². The average Bonchev–Trinajstić information content (AvgIpc) is 3.41. The molecule has 130 valence electrons. The fraction of sp³-hybridized carbons (Fsp3) is 0.556. The van der Waals surface area contributed by atoms with Crippen molar-refractivity contribution in [2.24, 2.45) is 0 Å². The number of ketones is 1. The molecule has 1 aliphatic carbocycles. The predicted molar refractivity (Wildman–Crippen MR) is 90.8 cm³/mol. The molecule has 2 aliphatic rings. The molecule has 1 aromatic carbocycles. The first-order valence-corrected chi connectivity index (χ1v) is 8.54. The third-order valence-electron chi connectivity index (χ3n) is 5.03. The SMILES string of the molecule is CC(=O)c1cc(NC(=O)N(C)C2CCN(C3CC3)CC2)ccc1F. The molecule has 2 amide bonds. The second-order valence-electron chi connectivity index (χ2n) is 6.79. The van der Waals surface area contributed by atoms with Crippen LogP contribution in [-0.4, -0.2) is 53.8 Å². The van der Waals surface area contributed by atoms with Crippen molar-refractivity contribution in [3.8, 4) is 0 Å². The van der Waals surface area contributed by atoms with Gasteiger partial charge in [-0.15, -0.1) is 0 Å². The molecule has 2 fully saturated rings. The second kappa shape index (κ2) is 6.89. The van der Waals surface area contributed by atoms with Crippen LogP contribution < -0.4 is 5.32 Å². The van der Waals surface area contributed by atoms with Crippen LogP contribution in [0, 0.1) is 5.82 Å². The topological polar surface area (TPSA) is 52.7 Å². The maximum absolute atomic E-state index is 13.6. The summed E-state index contributed by atoms with van der Waals surface area (Å²) in [5, 5.41) is 2.76. The number of hydrogen-bond acceptors (Lipinski definition) is 3. The number of Topliss-reactive ketones (excluding diaryl/α,β-unsaturated/α-hetero) is 1. The van der Waals surface area contributed by atoms with E-state index in [4.69, 9.17) is 0 Å². The van der Waals surface area contributed by atoms with Crippen LogP contribution in [0.5, 0.6) is 0 Å². The number of amides is 2. The van der Waals surface area contributed by atoms with E-state index < -0.39 is 5.82 Å². The van der Waals surface area contributed by atoms with Crippen molar-refractivity contribution in [1.82, 2.24) is 9.80 Å². The van der Waals surface area contributed by atoms with Gasteiger partial charge in [0.15, 0.2) is 5.78 Å². The van der Waals surface area contributed by atoms with Crippen LogP contribution in [0.4, 0.5) is 14.9 Å². The van der Waals surface area contributed by atoms with Gasteiger partial charge in [0.2, 0.25) is 0 Å². The van der Waals surface area contributed by atoms with E-state index in [1.54, 1.807) is 11.9 Å². The number of carbonyl (C=O) groups excluding carboxylic acids is 2. The van der Waals surface area contributed by atoms with Crippen molar-refractivity contribution in [1.29, 1.82) is 0 Å². The van der Waals surface area contributed by atoms with Crippen molar-refractivity contribution in [2.75, 3.05) is 25.5 Å². The highest BCUT2D eigenvalue weighted by Gasteiger charge is 2.33. The van der Waals surface area contributed by atoms with Crippen molar-refractivity contribution in [3.63, 3.8) is 0 Å². The third-order valence-corrected chi connectivity index (χ3v) is 5.03. The molecule has 1 saturated heterocycles. The fourth-order valence-electron chi connectivity index (χ4n) is 3.33. The Morgan fingerprint density at radius 3 is 2.46 bits per heavy atom. The molecular formula is C18H24FN3O2. The summed E-state index contributed by atoms with van der Waals surface area (Å²) in [5.41, 5.74) is 0.432. The van der Waals surface area contributed by atoms with Crippen LogP contribution in [0.3, 0.4) is 0 Å². The zero-order valence-electron chi connectivity index (χ0n) is 14.2. The molecule has 0 unspecified atom stereocenters. The van der Waals surface area contributed by atoms with E-state index in [1.807, 2.05) is 0 Å². The van der Waals surface area contributed by atoms with Crippen molar-refractivity contribution < 1.29 is 14.0 Å². The molecule has 3 rings (SSSR count). The van der Waals surface area contributed by atoms with Gasteiger partial charge in [-0.2, -0.15) is 0 Å². The lowest BCUT2D eigenvalue weighted by Crippen LogP contribution is -2.47. The number of likely N-dealkylation sites (tertiary alicyclic amines) is 1. The molecule has 0 spiro atoms. The van der Waals surface area contributed by atoms with E-state index >= 15 is 0 Å². The van der Waals surface area contributed by atoms with E-state index in [1.165, 1.54) is 38.0 Å². The van der Waals surface area contributed by atoms with Crippen LogP contribution in [0.15, 0.2) is 18.2 Å². The first kappa shape index (κ1) is 16.9. The fourth-order valence-corrected chi connectivity index (χ4v) is 3.33. The molecule has 1 heterocycles. The van der Waals surface area contributed by atoms with Gasteiger partial charge < -0.3 is 15.1 Å².